The number of benzene rings is 2. The molecule has 1 N–H and O–H groups in total. The average molecular weight is 397 g/mol. The van der Waals surface area contributed by atoms with Gasteiger partial charge in [0.05, 0.1) is 19.1 Å². The lowest BCUT2D eigenvalue weighted by Gasteiger charge is -2.20. The summed E-state index contributed by atoms with van der Waals surface area (Å²) in [4.78, 5) is 36.6. The summed E-state index contributed by atoms with van der Waals surface area (Å²) in [6.07, 6.45) is 0.424. The Kier molecular flexibility index (Phi) is 7.53. The third-order valence-corrected chi connectivity index (χ3v) is 4.06. The van der Waals surface area contributed by atoms with Crippen LogP contribution in [0.3, 0.4) is 0 Å². The van der Waals surface area contributed by atoms with Gasteiger partial charge >= 0.3 is 11.9 Å². The molecule has 0 saturated heterocycles. The van der Waals surface area contributed by atoms with Crippen LogP contribution >= 0.6 is 0 Å². The van der Waals surface area contributed by atoms with E-state index in [1.54, 1.807) is 45.0 Å². The standard InChI is InChI=1S/C23H27NO5/c1-23(2,3)29-21(26)18-12-10-17(11-13-18)14-19(22(27)28-4)24-20(25)15-16-8-6-5-7-9-16/h5-13,19H,14-15H2,1-4H3,(H,24,25)/t19-/m0/s1. The Labute approximate surface area is 171 Å². The quantitative estimate of drug-likeness (QED) is 0.726. The summed E-state index contributed by atoms with van der Waals surface area (Å²) < 4.78 is 10.2. The molecule has 29 heavy (non-hydrogen) atoms. The summed E-state index contributed by atoms with van der Waals surface area (Å²) in [5, 5.41) is 2.73. The summed E-state index contributed by atoms with van der Waals surface area (Å²) in [7, 11) is 1.28. The fourth-order valence-electron chi connectivity index (χ4n) is 2.71. The lowest BCUT2D eigenvalue weighted by molar-refractivity contribution is -0.145. The minimum atomic E-state index is -0.816. The first-order chi connectivity index (χ1) is 13.7. The molecule has 6 nitrogen and oxygen atoms in total. The van der Waals surface area contributed by atoms with Gasteiger partial charge in [-0.2, -0.15) is 0 Å². The van der Waals surface area contributed by atoms with E-state index >= 15 is 0 Å². The van der Waals surface area contributed by atoms with Crippen molar-refractivity contribution < 1.29 is 23.9 Å². The molecule has 2 aromatic rings. The zero-order valence-electron chi connectivity index (χ0n) is 17.2. The zero-order valence-corrected chi connectivity index (χ0v) is 17.2. The van der Waals surface area contributed by atoms with Gasteiger partial charge in [-0.1, -0.05) is 42.5 Å². The maximum absolute atomic E-state index is 12.3. The van der Waals surface area contributed by atoms with E-state index < -0.39 is 23.6 Å². The zero-order chi connectivity index (χ0) is 21.4. The van der Waals surface area contributed by atoms with Gasteiger partial charge in [0.15, 0.2) is 0 Å². The smallest absolute Gasteiger partial charge is 0.338 e. The molecular weight excluding hydrogens is 370 g/mol. The molecular formula is C23H27NO5. The van der Waals surface area contributed by atoms with Crippen molar-refractivity contribution in [3.8, 4) is 0 Å². The third-order valence-electron chi connectivity index (χ3n) is 4.06. The first-order valence-corrected chi connectivity index (χ1v) is 9.41. The molecule has 0 aromatic heterocycles. The van der Waals surface area contributed by atoms with Crippen molar-refractivity contribution in [2.75, 3.05) is 7.11 Å². The molecule has 1 atom stereocenters. The Balaban J connectivity index is 2.03. The largest absolute Gasteiger partial charge is 0.467 e. The average Bonchev–Trinajstić information content (AvgIpc) is 2.66. The Bertz CT molecular complexity index is 838. The van der Waals surface area contributed by atoms with Gasteiger partial charge in [-0.25, -0.2) is 9.59 Å². The monoisotopic (exact) mass is 397 g/mol. The summed E-state index contributed by atoms with van der Waals surface area (Å²) in [5.41, 5.74) is 1.49. The van der Waals surface area contributed by atoms with Gasteiger partial charge in [-0.05, 0) is 44.0 Å². The van der Waals surface area contributed by atoms with Crippen LogP contribution in [0.1, 0.15) is 42.3 Å². The first kappa shape index (κ1) is 22.1. The van der Waals surface area contributed by atoms with Crippen LogP contribution in [-0.2, 0) is 31.9 Å². The van der Waals surface area contributed by atoms with Gasteiger partial charge < -0.3 is 14.8 Å². The fraction of sp³-hybridized carbons (Fsp3) is 0.348. The van der Waals surface area contributed by atoms with E-state index in [0.717, 1.165) is 11.1 Å². The summed E-state index contributed by atoms with van der Waals surface area (Å²) in [6.45, 7) is 5.41. The van der Waals surface area contributed by atoms with E-state index in [4.69, 9.17) is 9.47 Å². The molecule has 0 radical (unpaired) electrons. The van der Waals surface area contributed by atoms with E-state index in [1.165, 1.54) is 7.11 Å². The molecule has 0 bridgehead atoms. The first-order valence-electron chi connectivity index (χ1n) is 9.41. The Hall–Kier alpha value is -3.15. The van der Waals surface area contributed by atoms with Crippen LogP contribution in [-0.4, -0.2) is 36.6 Å². The van der Waals surface area contributed by atoms with Crippen molar-refractivity contribution in [1.82, 2.24) is 5.32 Å². The van der Waals surface area contributed by atoms with E-state index in [9.17, 15) is 14.4 Å². The van der Waals surface area contributed by atoms with Crippen LogP contribution in [0.2, 0.25) is 0 Å². The van der Waals surface area contributed by atoms with Crippen LogP contribution in [0.15, 0.2) is 54.6 Å². The molecule has 0 fully saturated rings. The van der Waals surface area contributed by atoms with Crippen LogP contribution in [0.4, 0.5) is 0 Å². The molecule has 0 saturated carbocycles. The van der Waals surface area contributed by atoms with Gasteiger partial charge in [0, 0.05) is 6.42 Å². The molecule has 6 heteroatoms. The highest BCUT2D eigenvalue weighted by Gasteiger charge is 2.23. The fourth-order valence-corrected chi connectivity index (χ4v) is 2.71. The number of carbonyl (C=O) groups is 3. The maximum atomic E-state index is 12.3. The number of esters is 2. The van der Waals surface area contributed by atoms with Crippen molar-refractivity contribution in [2.24, 2.45) is 0 Å². The number of rotatable bonds is 7. The molecule has 0 spiro atoms. The molecule has 2 rings (SSSR count). The topological polar surface area (TPSA) is 81.7 Å². The van der Waals surface area contributed by atoms with Crippen LogP contribution in [0, 0.1) is 0 Å². The van der Waals surface area contributed by atoms with Crippen LogP contribution in [0.25, 0.3) is 0 Å². The summed E-state index contributed by atoms with van der Waals surface area (Å²) in [6, 6.07) is 15.2. The second-order valence-electron chi connectivity index (χ2n) is 7.71. The van der Waals surface area contributed by atoms with Gasteiger partial charge in [0.2, 0.25) is 5.91 Å². The third kappa shape index (κ3) is 7.41. The lowest BCUT2D eigenvalue weighted by atomic mass is 10.0. The molecule has 2 aromatic carbocycles. The Morgan fingerprint density at radius 2 is 1.55 bits per heavy atom. The SMILES string of the molecule is COC(=O)[C@H](Cc1ccc(C(=O)OC(C)(C)C)cc1)NC(=O)Cc1ccccc1. The maximum Gasteiger partial charge on any atom is 0.338 e. The highest BCUT2D eigenvalue weighted by atomic mass is 16.6. The predicted molar refractivity (Wildman–Crippen MR) is 109 cm³/mol. The number of methoxy groups -OCH3 is 1. The van der Waals surface area contributed by atoms with Crippen molar-refractivity contribution in [3.05, 3.63) is 71.3 Å². The Morgan fingerprint density at radius 3 is 2.10 bits per heavy atom. The number of hydrogen-bond donors (Lipinski definition) is 1. The van der Waals surface area contributed by atoms with E-state index in [2.05, 4.69) is 5.32 Å². The number of amides is 1. The molecule has 0 aliphatic rings. The molecule has 1 amide bonds. The Morgan fingerprint density at radius 1 is 0.931 bits per heavy atom. The lowest BCUT2D eigenvalue weighted by Crippen LogP contribution is -2.43. The highest BCUT2D eigenvalue weighted by molar-refractivity contribution is 5.89. The predicted octanol–water partition coefficient (Wildman–Crippen LogP) is 3.08. The minimum absolute atomic E-state index is 0.173. The van der Waals surface area contributed by atoms with Crippen molar-refractivity contribution in [2.45, 2.75) is 45.3 Å². The van der Waals surface area contributed by atoms with Gasteiger partial charge in [0.1, 0.15) is 11.6 Å². The number of hydrogen-bond acceptors (Lipinski definition) is 5. The summed E-state index contributed by atoms with van der Waals surface area (Å²) in [5.74, 6) is -1.20. The molecule has 0 unspecified atom stereocenters. The highest BCUT2D eigenvalue weighted by Crippen LogP contribution is 2.14. The summed E-state index contributed by atoms with van der Waals surface area (Å²) >= 11 is 0. The minimum Gasteiger partial charge on any atom is -0.467 e. The normalized spacial score (nSPS) is 12.0. The van der Waals surface area contributed by atoms with E-state index in [1.807, 2.05) is 30.3 Å². The molecule has 0 heterocycles. The van der Waals surface area contributed by atoms with Gasteiger partial charge in [-0.15, -0.1) is 0 Å². The molecule has 0 aliphatic carbocycles. The van der Waals surface area contributed by atoms with Crippen molar-refractivity contribution in [1.29, 1.82) is 0 Å². The van der Waals surface area contributed by atoms with Gasteiger partial charge in [-0.3, -0.25) is 4.79 Å². The number of nitrogens with one attached hydrogen (secondary N) is 1. The van der Waals surface area contributed by atoms with E-state index in [-0.39, 0.29) is 18.7 Å². The van der Waals surface area contributed by atoms with Crippen LogP contribution in [0.5, 0.6) is 0 Å². The van der Waals surface area contributed by atoms with E-state index in [0.29, 0.717) is 5.56 Å². The number of ether oxygens (including phenoxy) is 2. The van der Waals surface area contributed by atoms with Gasteiger partial charge in [0.25, 0.3) is 0 Å². The van der Waals surface area contributed by atoms with Crippen molar-refractivity contribution in [3.63, 3.8) is 0 Å². The van der Waals surface area contributed by atoms with Crippen molar-refractivity contribution >= 4 is 17.8 Å². The second kappa shape index (κ2) is 9.87. The molecule has 154 valence electrons. The number of carbonyl (C=O) groups excluding carboxylic acids is 3. The second-order valence-corrected chi connectivity index (χ2v) is 7.71. The molecule has 0 aliphatic heterocycles. The van der Waals surface area contributed by atoms with Crippen LogP contribution < -0.4 is 5.32 Å².